The van der Waals surface area contributed by atoms with Gasteiger partial charge in [0.1, 0.15) is 0 Å². The molecule has 1 amide bonds. The largest absolute Gasteiger partial charge is 0.493 e. The maximum Gasteiger partial charge on any atom is 0.338 e. The highest BCUT2D eigenvalue weighted by Gasteiger charge is 2.17. The molecule has 1 aromatic heterocycles. The SMILES string of the molecule is CCOc1c(Cl)cc(C(=O)OCC(=O)NCCc2cccs2)cc1OC. The van der Waals surface area contributed by atoms with Gasteiger partial charge in [0.15, 0.2) is 18.1 Å². The zero-order valence-electron chi connectivity index (χ0n) is 14.5. The Hall–Kier alpha value is -2.25. The second-order valence-electron chi connectivity index (χ2n) is 5.18. The fourth-order valence-electron chi connectivity index (χ4n) is 2.17. The standard InChI is InChI=1S/C18H20ClNO5S/c1-3-24-17-14(19)9-12(10-15(17)23-2)18(22)25-11-16(21)20-7-6-13-5-4-8-26-13/h4-5,8-10H,3,6-7,11H2,1-2H3,(H,20,21). The van der Waals surface area contributed by atoms with Crippen LogP contribution in [0.3, 0.4) is 0 Å². The zero-order chi connectivity index (χ0) is 18.9. The maximum absolute atomic E-state index is 12.1. The molecule has 0 saturated carbocycles. The minimum Gasteiger partial charge on any atom is -0.493 e. The predicted molar refractivity (Wildman–Crippen MR) is 100 cm³/mol. The number of amides is 1. The molecule has 0 bridgehead atoms. The van der Waals surface area contributed by atoms with E-state index < -0.39 is 5.97 Å². The van der Waals surface area contributed by atoms with Crippen LogP contribution in [-0.4, -0.2) is 38.7 Å². The maximum atomic E-state index is 12.1. The molecule has 0 radical (unpaired) electrons. The third-order valence-electron chi connectivity index (χ3n) is 3.36. The highest BCUT2D eigenvalue weighted by Crippen LogP contribution is 2.36. The molecule has 2 aromatic rings. The Bertz CT molecular complexity index is 748. The predicted octanol–water partition coefficient (Wildman–Crippen LogP) is 3.32. The van der Waals surface area contributed by atoms with Gasteiger partial charge in [-0.1, -0.05) is 17.7 Å². The van der Waals surface area contributed by atoms with Crippen molar-refractivity contribution in [3.05, 3.63) is 45.1 Å². The van der Waals surface area contributed by atoms with Gasteiger partial charge in [0.25, 0.3) is 5.91 Å². The van der Waals surface area contributed by atoms with Crippen molar-refractivity contribution in [2.24, 2.45) is 0 Å². The molecule has 26 heavy (non-hydrogen) atoms. The third-order valence-corrected chi connectivity index (χ3v) is 4.58. The van der Waals surface area contributed by atoms with Gasteiger partial charge in [-0.15, -0.1) is 11.3 Å². The van der Waals surface area contributed by atoms with Crippen LogP contribution < -0.4 is 14.8 Å². The van der Waals surface area contributed by atoms with Crippen molar-refractivity contribution in [2.45, 2.75) is 13.3 Å². The number of carbonyl (C=O) groups excluding carboxylic acids is 2. The summed E-state index contributed by atoms with van der Waals surface area (Å²) < 4.78 is 15.6. The lowest BCUT2D eigenvalue weighted by molar-refractivity contribution is -0.124. The smallest absolute Gasteiger partial charge is 0.338 e. The second kappa shape index (κ2) is 10.0. The van der Waals surface area contributed by atoms with E-state index in [1.54, 1.807) is 11.3 Å². The van der Waals surface area contributed by atoms with Gasteiger partial charge in [-0.3, -0.25) is 4.79 Å². The van der Waals surface area contributed by atoms with Crippen LogP contribution in [0.1, 0.15) is 22.2 Å². The van der Waals surface area contributed by atoms with Crippen LogP contribution in [0.4, 0.5) is 0 Å². The number of nitrogens with one attached hydrogen (secondary N) is 1. The van der Waals surface area contributed by atoms with Crippen LogP contribution in [0, 0.1) is 0 Å². The van der Waals surface area contributed by atoms with Gasteiger partial charge in [0.05, 0.1) is 24.3 Å². The molecule has 0 atom stereocenters. The van der Waals surface area contributed by atoms with Crippen LogP contribution in [0.2, 0.25) is 5.02 Å². The van der Waals surface area contributed by atoms with E-state index in [0.717, 1.165) is 6.42 Å². The first-order valence-electron chi connectivity index (χ1n) is 8.01. The van der Waals surface area contributed by atoms with Crippen molar-refractivity contribution in [1.29, 1.82) is 0 Å². The molecule has 0 spiro atoms. The molecular formula is C18H20ClNO5S. The van der Waals surface area contributed by atoms with E-state index in [9.17, 15) is 9.59 Å². The van der Waals surface area contributed by atoms with Gasteiger partial charge < -0.3 is 19.5 Å². The molecule has 0 saturated heterocycles. The third kappa shape index (κ3) is 5.64. The van der Waals surface area contributed by atoms with Crippen LogP contribution in [0.25, 0.3) is 0 Å². The molecule has 1 aromatic carbocycles. The lowest BCUT2D eigenvalue weighted by Crippen LogP contribution is -2.30. The number of hydrogen-bond donors (Lipinski definition) is 1. The first-order valence-corrected chi connectivity index (χ1v) is 9.27. The molecule has 8 heteroatoms. The molecule has 0 aliphatic rings. The average molecular weight is 398 g/mol. The van der Waals surface area contributed by atoms with Gasteiger partial charge in [-0.05, 0) is 36.9 Å². The molecule has 140 valence electrons. The summed E-state index contributed by atoms with van der Waals surface area (Å²) in [6.45, 7) is 2.34. The number of halogens is 1. The Kier molecular flexibility index (Phi) is 7.74. The molecule has 6 nitrogen and oxygen atoms in total. The lowest BCUT2D eigenvalue weighted by Gasteiger charge is -2.13. The highest BCUT2D eigenvalue weighted by molar-refractivity contribution is 7.09. The summed E-state index contributed by atoms with van der Waals surface area (Å²) in [5.74, 6) is -0.341. The minimum absolute atomic E-state index is 0.182. The Balaban J connectivity index is 1.86. The first kappa shape index (κ1) is 20.1. The number of benzene rings is 1. The molecule has 0 aliphatic carbocycles. The molecule has 1 heterocycles. The van der Waals surface area contributed by atoms with Crippen molar-refractivity contribution in [3.63, 3.8) is 0 Å². The van der Waals surface area contributed by atoms with E-state index in [1.807, 2.05) is 24.4 Å². The van der Waals surface area contributed by atoms with Gasteiger partial charge >= 0.3 is 5.97 Å². The zero-order valence-corrected chi connectivity index (χ0v) is 16.1. The van der Waals surface area contributed by atoms with Gasteiger partial charge in [-0.2, -0.15) is 0 Å². The second-order valence-corrected chi connectivity index (χ2v) is 6.62. The number of methoxy groups -OCH3 is 1. The average Bonchev–Trinajstić information content (AvgIpc) is 3.14. The van der Waals surface area contributed by atoms with Crippen LogP contribution >= 0.6 is 22.9 Å². The molecule has 1 N–H and O–H groups in total. The van der Waals surface area contributed by atoms with Crippen molar-refractivity contribution < 1.29 is 23.8 Å². The van der Waals surface area contributed by atoms with Gasteiger partial charge in [-0.25, -0.2) is 4.79 Å². The molecule has 0 aliphatic heterocycles. The normalized spacial score (nSPS) is 10.3. The van der Waals surface area contributed by atoms with Crippen molar-refractivity contribution in [1.82, 2.24) is 5.32 Å². The summed E-state index contributed by atoms with van der Waals surface area (Å²) in [5.41, 5.74) is 0.182. The molecule has 0 fully saturated rings. The summed E-state index contributed by atoms with van der Waals surface area (Å²) in [6, 6.07) is 6.85. The van der Waals surface area contributed by atoms with E-state index in [4.69, 9.17) is 25.8 Å². The highest BCUT2D eigenvalue weighted by atomic mass is 35.5. The number of carbonyl (C=O) groups is 2. The van der Waals surface area contributed by atoms with E-state index in [-0.39, 0.29) is 23.1 Å². The van der Waals surface area contributed by atoms with Crippen molar-refractivity contribution >= 4 is 34.8 Å². The quantitative estimate of drug-likeness (QED) is 0.657. The number of esters is 1. The topological polar surface area (TPSA) is 73.9 Å². The monoisotopic (exact) mass is 397 g/mol. The minimum atomic E-state index is -0.665. The number of hydrogen-bond acceptors (Lipinski definition) is 6. The summed E-state index contributed by atoms with van der Waals surface area (Å²) >= 11 is 7.75. The summed E-state index contributed by atoms with van der Waals surface area (Å²) in [7, 11) is 1.45. The first-order chi connectivity index (χ1) is 12.5. The Morgan fingerprint density at radius 2 is 2.12 bits per heavy atom. The van der Waals surface area contributed by atoms with E-state index >= 15 is 0 Å². The summed E-state index contributed by atoms with van der Waals surface area (Å²) in [4.78, 5) is 25.1. The van der Waals surface area contributed by atoms with E-state index in [2.05, 4.69) is 5.32 Å². The molecular weight excluding hydrogens is 378 g/mol. The van der Waals surface area contributed by atoms with E-state index in [1.165, 1.54) is 24.1 Å². The number of rotatable bonds is 9. The summed E-state index contributed by atoms with van der Waals surface area (Å²) in [6.07, 6.45) is 0.739. The molecule has 2 rings (SSSR count). The van der Waals surface area contributed by atoms with Crippen molar-refractivity contribution in [2.75, 3.05) is 26.9 Å². The fourth-order valence-corrected chi connectivity index (χ4v) is 3.14. The van der Waals surface area contributed by atoms with Gasteiger partial charge in [0.2, 0.25) is 0 Å². The van der Waals surface area contributed by atoms with Crippen LogP contribution in [0.5, 0.6) is 11.5 Å². The number of thiophene rings is 1. The molecule has 0 unspecified atom stereocenters. The van der Waals surface area contributed by atoms with Crippen LogP contribution in [-0.2, 0) is 16.0 Å². The van der Waals surface area contributed by atoms with Crippen LogP contribution in [0.15, 0.2) is 29.6 Å². The van der Waals surface area contributed by atoms with Gasteiger partial charge in [0, 0.05) is 11.4 Å². The Labute approximate surface area is 161 Å². The lowest BCUT2D eigenvalue weighted by atomic mass is 10.2. The Morgan fingerprint density at radius 3 is 2.77 bits per heavy atom. The van der Waals surface area contributed by atoms with Crippen molar-refractivity contribution in [3.8, 4) is 11.5 Å². The fraction of sp³-hybridized carbons (Fsp3) is 0.333. The number of ether oxygens (including phenoxy) is 3. The summed E-state index contributed by atoms with van der Waals surface area (Å²) in [5, 5.41) is 4.92. The Morgan fingerprint density at radius 1 is 1.31 bits per heavy atom. The van der Waals surface area contributed by atoms with E-state index in [0.29, 0.717) is 24.7 Å².